The van der Waals surface area contributed by atoms with E-state index in [4.69, 9.17) is 5.11 Å². The standard InChI is InChI=1S/C10H12F2O2/c1-6-3-4-8(7(2)9(6)14)10(11,12)5-13/h3-4,13-14H,5H2,1-2H3. The highest BCUT2D eigenvalue weighted by molar-refractivity contribution is 5.45. The number of phenols is 1. The third-order valence-electron chi connectivity index (χ3n) is 2.23. The summed E-state index contributed by atoms with van der Waals surface area (Å²) in [5, 5.41) is 17.9. The van der Waals surface area contributed by atoms with Crippen LogP contribution >= 0.6 is 0 Å². The van der Waals surface area contributed by atoms with Gasteiger partial charge in [0.25, 0.3) is 5.92 Å². The maximum Gasteiger partial charge on any atom is 0.296 e. The molecule has 0 spiro atoms. The van der Waals surface area contributed by atoms with E-state index >= 15 is 0 Å². The fourth-order valence-electron chi connectivity index (χ4n) is 1.32. The Kier molecular flexibility index (Phi) is 2.76. The average molecular weight is 202 g/mol. The Labute approximate surface area is 80.8 Å². The van der Waals surface area contributed by atoms with Crippen LogP contribution in [0.25, 0.3) is 0 Å². The molecule has 1 rings (SSSR count). The lowest BCUT2D eigenvalue weighted by atomic mass is 9.99. The molecule has 0 heterocycles. The SMILES string of the molecule is Cc1ccc(C(F)(F)CO)c(C)c1O. The van der Waals surface area contributed by atoms with E-state index in [1.165, 1.54) is 19.1 Å². The summed E-state index contributed by atoms with van der Waals surface area (Å²) < 4.78 is 26.2. The van der Waals surface area contributed by atoms with Crippen molar-refractivity contribution >= 4 is 0 Å². The maximum absolute atomic E-state index is 13.1. The maximum atomic E-state index is 13.1. The second kappa shape index (κ2) is 3.53. The Balaban J connectivity index is 3.31. The lowest BCUT2D eigenvalue weighted by Crippen LogP contribution is -2.19. The van der Waals surface area contributed by atoms with Crippen LogP contribution in [-0.4, -0.2) is 16.8 Å². The number of aromatic hydroxyl groups is 1. The lowest BCUT2D eigenvalue weighted by molar-refractivity contribution is -0.0562. The molecule has 0 aromatic heterocycles. The minimum Gasteiger partial charge on any atom is -0.507 e. The van der Waals surface area contributed by atoms with Crippen molar-refractivity contribution in [3.8, 4) is 5.75 Å². The number of benzene rings is 1. The number of halogens is 2. The van der Waals surface area contributed by atoms with E-state index in [0.29, 0.717) is 5.56 Å². The molecule has 0 fully saturated rings. The normalized spacial score (nSPS) is 11.8. The molecule has 1 aromatic carbocycles. The highest BCUT2D eigenvalue weighted by Crippen LogP contribution is 2.35. The summed E-state index contributed by atoms with van der Waals surface area (Å²) in [4.78, 5) is 0. The molecule has 2 nitrogen and oxygen atoms in total. The van der Waals surface area contributed by atoms with E-state index < -0.39 is 12.5 Å². The van der Waals surface area contributed by atoms with Gasteiger partial charge in [0, 0.05) is 11.1 Å². The number of aryl methyl sites for hydroxylation is 1. The van der Waals surface area contributed by atoms with Crippen LogP contribution in [0.5, 0.6) is 5.75 Å². The van der Waals surface area contributed by atoms with Gasteiger partial charge in [-0.2, -0.15) is 8.78 Å². The van der Waals surface area contributed by atoms with E-state index in [1.54, 1.807) is 6.92 Å². The summed E-state index contributed by atoms with van der Waals surface area (Å²) in [5.74, 6) is -3.44. The van der Waals surface area contributed by atoms with E-state index in [-0.39, 0.29) is 16.9 Å². The number of phenolic OH excluding ortho intramolecular Hbond substituents is 1. The van der Waals surface area contributed by atoms with Crippen LogP contribution in [0.4, 0.5) is 8.78 Å². The zero-order chi connectivity index (χ0) is 10.9. The molecule has 0 atom stereocenters. The third-order valence-corrected chi connectivity index (χ3v) is 2.23. The zero-order valence-electron chi connectivity index (χ0n) is 8.01. The summed E-state index contributed by atoms with van der Waals surface area (Å²) in [6.07, 6.45) is 0. The predicted molar refractivity (Wildman–Crippen MR) is 48.6 cm³/mol. The zero-order valence-corrected chi connectivity index (χ0v) is 8.01. The first kappa shape index (κ1) is 10.9. The van der Waals surface area contributed by atoms with Crippen molar-refractivity contribution in [1.82, 2.24) is 0 Å². The van der Waals surface area contributed by atoms with Gasteiger partial charge in [0.1, 0.15) is 12.4 Å². The van der Waals surface area contributed by atoms with Crippen LogP contribution in [0, 0.1) is 13.8 Å². The quantitative estimate of drug-likeness (QED) is 0.770. The first-order chi connectivity index (χ1) is 6.40. The van der Waals surface area contributed by atoms with Crippen molar-refractivity contribution in [3.63, 3.8) is 0 Å². The molecule has 1 aromatic rings. The summed E-state index contributed by atoms with van der Waals surface area (Å²) >= 11 is 0. The number of alkyl halides is 2. The summed E-state index contributed by atoms with van der Waals surface area (Å²) in [7, 11) is 0. The Morgan fingerprint density at radius 1 is 1.29 bits per heavy atom. The number of aliphatic hydroxyl groups is 1. The molecule has 0 amide bonds. The highest BCUT2D eigenvalue weighted by atomic mass is 19.3. The van der Waals surface area contributed by atoms with Crippen molar-refractivity contribution in [2.45, 2.75) is 19.8 Å². The molecule has 0 radical (unpaired) electrons. The van der Waals surface area contributed by atoms with Crippen molar-refractivity contribution in [2.75, 3.05) is 6.61 Å². The van der Waals surface area contributed by atoms with Gasteiger partial charge in [0.15, 0.2) is 0 Å². The molecule has 0 saturated carbocycles. The minimum atomic E-state index is -3.30. The van der Waals surface area contributed by atoms with Crippen molar-refractivity contribution in [2.24, 2.45) is 0 Å². The second-order valence-corrected chi connectivity index (χ2v) is 3.27. The fourth-order valence-corrected chi connectivity index (χ4v) is 1.32. The number of aliphatic hydroxyl groups excluding tert-OH is 1. The van der Waals surface area contributed by atoms with E-state index in [0.717, 1.165) is 0 Å². The molecule has 0 aliphatic carbocycles. The first-order valence-corrected chi connectivity index (χ1v) is 4.18. The van der Waals surface area contributed by atoms with Gasteiger partial charge >= 0.3 is 0 Å². The molecule has 4 heteroatoms. The molecule has 0 bridgehead atoms. The van der Waals surface area contributed by atoms with Crippen molar-refractivity contribution < 1.29 is 19.0 Å². The Hall–Kier alpha value is -1.16. The van der Waals surface area contributed by atoms with Gasteiger partial charge in [-0.15, -0.1) is 0 Å². The number of hydrogen-bond acceptors (Lipinski definition) is 2. The molecule has 0 saturated heterocycles. The fraction of sp³-hybridized carbons (Fsp3) is 0.400. The molecule has 14 heavy (non-hydrogen) atoms. The summed E-state index contributed by atoms with van der Waals surface area (Å²) in [6.45, 7) is 1.78. The van der Waals surface area contributed by atoms with Gasteiger partial charge in [0.2, 0.25) is 0 Å². The largest absolute Gasteiger partial charge is 0.507 e. The molecule has 0 aliphatic rings. The topological polar surface area (TPSA) is 40.5 Å². The van der Waals surface area contributed by atoms with E-state index in [2.05, 4.69) is 0 Å². The number of hydrogen-bond donors (Lipinski definition) is 2. The lowest BCUT2D eigenvalue weighted by Gasteiger charge is -2.17. The van der Waals surface area contributed by atoms with Gasteiger partial charge in [-0.1, -0.05) is 12.1 Å². The molecule has 2 N–H and O–H groups in total. The predicted octanol–water partition coefficient (Wildman–Crippen LogP) is 2.09. The molecule has 0 unspecified atom stereocenters. The monoisotopic (exact) mass is 202 g/mol. The van der Waals surface area contributed by atoms with E-state index in [9.17, 15) is 13.9 Å². The summed E-state index contributed by atoms with van der Waals surface area (Å²) in [5.41, 5.74) is 0.326. The minimum absolute atomic E-state index is 0.115. The molecule has 78 valence electrons. The third kappa shape index (κ3) is 1.70. The van der Waals surface area contributed by atoms with Crippen LogP contribution in [0.1, 0.15) is 16.7 Å². The molecular weight excluding hydrogens is 190 g/mol. The van der Waals surface area contributed by atoms with Gasteiger partial charge < -0.3 is 10.2 Å². The van der Waals surface area contributed by atoms with Gasteiger partial charge in [-0.3, -0.25) is 0 Å². The number of rotatable bonds is 2. The van der Waals surface area contributed by atoms with Gasteiger partial charge in [-0.05, 0) is 19.4 Å². The van der Waals surface area contributed by atoms with Crippen molar-refractivity contribution in [1.29, 1.82) is 0 Å². The Bertz CT molecular complexity index is 348. The Morgan fingerprint density at radius 2 is 1.86 bits per heavy atom. The molecular formula is C10H12F2O2. The van der Waals surface area contributed by atoms with E-state index in [1.807, 2.05) is 0 Å². The van der Waals surface area contributed by atoms with Crippen LogP contribution in [0.15, 0.2) is 12.1 Å². The summed E-state index contributed by atoms with van der Waals surface area (Å²) in [6, 6.07) is 2.63. The van der Waals surface area contributed by atoms with Crippen LogP contribution in [0.2, 0.25) is 0 Å². The van der Waals surface area contributed by atoms with Crippen LogP contribution < -0.4 is 0 Å². The van der Waals surface area contributed by atoms with Gasteiger partial charge in [-0.25, -0.2) is 0 Å². The smallest absolute Gasteiger partial charge is 0.296 e. The first-order valence-electron chi connectivity index (χ1n) is 4.18. The Morgan fingerprint density at radius 3 is 2.36 bits per heavy atom. The van der Waals surface area contributed by atoms with Crippen molar-refractivity contribution in [3.05, 3.63) is 28.8 Å². The molecule has 0 aliphatic heterocycles. The van der Waals surface area contributed by atoms with Crippen LogP contribution in [0.3, 0.4) is 0 Å². The second-order valence-electron chi connectivity index (χ2n) is 3.27. The van der Waals surface area contributed by atoms with Crippen LogP contribution in [-0.2, 0) is 5.92 Å². The van der Waals surface area contributed by atoms with Gasteiger partial charge in [0.05, 0.1) is 0 Å². The average Bonchev–Trinajstić information content (AvgIpc) is 2.14. The highest BCUT2D eigenvalue weighted by Gasteiger charge is 2.33.